The molecule has 0 aliphatic carbocycles. The van der Waals surface area contributed by atoms with Gasteiger partial charge in [-0.1, -0.05) is 12.1 Å². The Kier molecular flexibility index (Phi) is 4.60. The van der Waals surface area contributed by atoms with E-state index < -0.39 is 25.5 Å². The fourth-order valence-electron chi connectivity index (χ4n) is 2.14. The third-order valence-electron chi connectivity index (χ3n) is 3.52. The number of rotatable bonds is 5. The molecule has 0 radical (unpaired) electrons. The standard InChI is InChI=1S/C15H13N5O5S2/c1-19(2)27(23,24)20-10-17-15(18-20)26(21,22)25-14-6-5-12-7-11(9-16)3-4-13(12)8-14/h3-8,10H,1-2H3. The van der Waals surface area contributed by atoms with Crippen molar-refractivity contribution in [3.05, 3.63) is 48.3 Å². The third-order valence-corrected chi connectivity index (χ3v) is 6.14. The smallest absolute Gasteiger partial charge is 0.377 e. The van der Waals surface area contributed by atoms with Crippen LogP contribution in [0.1, 0.15) is 5.56 Å². The van der Waals surface area contributed by atoms with Gasteiger partial charge < -0.3 is 4.18 Å². The van der Waals surface area contributed by atoms with E-state index in [9.17, 15) is 16.8 Å². The SMILES string of the molecule is CN(C)S(=O)(=O)n1cnc(S(=O)(=O)Oc2ccc3cc(C#N)ccc3c2)n1. The van der Waals surface area contributed by atoms with Crippen LogP contribution in [-0.2, 0) is 20.3 Å². The molecule has 0 aliphatic heterocycles. The van der Waals surface area contributed by atoms with Gasteiger partial charge in [0.15, 0.2) is 0 Å². The van der Waals surface area contributed by atoms with Crippen LogP contribution >= 0.6 is 0 Å². The summed E-state index contributed by atoms with van der Waals surface area (Å²) in [5.41, 5.74) is 0.473. The van der Waals surface area contributed by atoms with Crippen molar-refractivity contribution in [1.29, 1.82) is 5.26 Å². The Hall–Kier alpha value is -3.01. The minimum absolute atomic E-state index is 0.000903. The first-order chi connectivity index (χ1) is 12.6. The number of fused-ring (bicyclic) bond motifs is 1. The summed E-state index contributed by atoms with van der Waals surface area (Å²) in [5.74, 6) is -0.000903. The highest BCUT2D eigenvalue weighted by Crippen LogP contribution is 2.24. The molecule has 12 heteroatoms. The molecule has 0 bridgehead atoms. The molecule has 0 fully saturated rings. The Bertz CT molecular complexity index is 1270. The van der Waals surface area contributed by atoms with E-state index in [0.717, 1.165) is 16.0 Å². The van der Waals surface area contributed by atoms with Gasteiger partial charge in [0.25, 0.3) is 0 Å². The quantitative estimate of drug-likeness (QED) is 0.565. The molecule has 0 atom stereocenters. The first-order valence-electron chi connectivity index (χ1n) is 7.36. The van der Waals surface area contributed by atoms with Crippen molar-refractivity contribution in [2.75, 3.05) is 14.1 Å². The maximum absolute atomic E-state index is 12.3. The zero-order valence-corrected chi connectivity index (χ0v) is 15.8. The number of aromatic nitrogens is 3. The van der Waals surface area contributed by atoms with E-state index in [2.05, 4.69) is 10.1 Å². The number of hydrogen-bond acceptors (Lipinski definition) is 8. The van der Waals surface area contributed by atoms with Gasteiger partial charge in [0, 0.05) is 14.1 Å². The van der Waals surface area contributed by atoms with Crippen LogP contribution in [0.5, 0.6) is 5.75 Å². The summed E-state index contributed by atoms with van der Waals surface area (Å²) in [6.45, 7) is 0. The summed E-state index contributed by atoms with van der Waals surface area (Å²) in [5, 5.41) is 13.0. The molecule has 140 valence electrons. The normalized spacial score (nSPS) is 12.2. The third kappa shape index (κ3) is 3.61. The molecule has 1 heterocycles. The number of hydrogen-bond donors (Lipinski definition) is 0. The molecule has 0 amide bonds. The summed E-state index contributed by atoms with van der Waals surface area (Å²) in [4.78, 5) is 3.51. The molecule has 0 N–H and O–H groups in total. The van der Waals surface area contributed by atoms with E-state index >= 15 is 0 Å². The maximum atomic E-state index is 12.3. The second-order valence-electron chi connectivity index (χ2n) is 5.56. The van der Waals surface area contributed by atoms with Crippen LogP contribution in [-0.4, -0.2) is 49.4 Å². The van der Waals surface area contributed by atoms with E-state index in [1.165, 1.54) is 26.2 Å². The lowest BCUT2D eigenvalue weighted by atomic mass is 10.1. The molecule has 3 rings (SSSR count). The van der Waals surface area contributed by atoms with Crippen molar-refractivity contribution in [1.82, 2.24) is 18.5 Å². The summed E-state index contributed by atoms with van der Waals surface area (Å²) in [7, 11) is -5.89. The molecule has 27 heavy (non-hydrogen) atoms. The Balaban J connectivity index is 1.92. The van der Waals surface area contributed by atoms with Crippen molar-refractivity contribution >= 4 is 31.1 Å². The Morgan fingerprint density at radius 3 is 2.41 bits per heavy atom. The highest BCUT2D eigenvalue weighted by molar-refractivity contribution is 7.87. The zero-order valence-electron chi connectivity index (χ0n) is 14.1. The molecule has 0 saturated heterocycles. The second-order valence-corrected chi connectivity index (χ2v) is 9.00. The fraction of sp³-hybridized carbons (Fsp3) is 0.133. The number of nitrogens with zero attached hydrogens (tertiary/aromatic N) is 5. The van der Waals surface area contributed by atoms with Crippen LogP contribution in [0.25, 0.3) is 10.8 Å². The summed E-state index contributed by atoms with van der Waals surface area (Å²) in [6, 6.07) is 11.4. The van der Waals surface area contributed by atoms with Crippen molar-refractivity contribution < 1.29 is 21.0 Å². The van der Waals surface area contributed by atoms with Gasteiger partial charge in [-0.15, -0.1) is 9.19 Å². The van der Waals surface area contributed by atoms with E-state index in [-0.39, 0.29) is 5.75 Å². The van der Waals surface area contributed by atoms with Crippen LogP contribution in [0.15, 0.2) is 47.9 Å². The predicted octanol–water partition coefficient (Wildman–Crippen LogP) is 0.725. The van der Waals surface area contributed by atoms with Crippen LogP contribution in [0.3, 0.4) is 0 Å². The number of benzene rings is 2. The highest BCUT2D eigenvalue weighted by atomic mass is 32.2. The molecular formula is C15H13N5O5S2. The van der Waals surface area contributed by atoms with Gasteiger partial charge in [0.1, 0.15) is 12.1 Å². The van der Waals surface area contributed by atoms with E-state index in [4.69, 9.17) is 9.44 Å². The first kappa shape index (κ1) is 18.8. The molecule has 2 aromatic carbocycles. The van der Waals surface area contributed by atoms with Crippen LogP contribution in [0.4, 0.5) is 0 Å². The monoisotopic (exact) mass is 407 g/mol. The van der Waals surface area contributed by atoms with Crippen LogP contribution in [0, 0.1) is 11.3 Å². The van der Waals surface area contributed by atoms with Crippen molar-refractivity contribution in [3.8, 4) is 11.8 Å². The highest BCUT2D eigenvalue weighted by Gasteiger charge is 2.26. The molecule has 0 saturated carbocycles. The van der Waals surface area contributed by atoms with Gasteiger partial charge >= 0.3 is 25.5 Å². The minimum atomic E-state index is -4.44. The predicted molar refractivity (Wildman–Crippen MR) is 94.5 cm³/mol. The summed E-state index contributed by atoms with van der Waals surface area (Å²) >= 11 is 0. The van der Waals surface area contributed by atoms with Gasteiger partial charge in [-0.05, 0) is 35.0 Å². The lowest BCUT2D eigenvalue weighted by Gasteiger charge is -2.09. The Labute approximate surface area is 155 Å². The molecular weight excluding hydrogens is 394 g/mol. The largest absolute Gasteiger partial charge is 0.377 e. The molecule has 0 unspecified atom stereocenters. The number of nitriles is 1. The van der Waals surface area contributed by atoms with Crippen molar-refractivity contribution in [2.24, 2.45) is 0 Å². The Morgan fingerprint density at radius 2 is 1.74 bits per heavy atom. The average Bonchev–Trinajstić information content (AvgIpc) is 3.12. The molecule has 0 spiro atoms. The van der Waals surface area contributed by atoms with Crippen molar-refractivity contribution in [3.63, 3.8) is 0 Å². The van der Waals surface area contributed by atoms with Gasteiger partial charge in [-0.2, -0.15) is 26.4 Å². The van der Waals surface area contributed by atoms with E-state index in [1.807, 2.05) is 6.07 Å². The molecule has 10 nitrogen and oxygen atoms in total. The van der Waals surface area contributed by atoms with E-state index in [0.29, 0.717) is 15.0 Å². The average molecular weight is 407 g/mol. The van der Waals surface area contributed by atoms with Crippen LogP contribution in [0.2, 0.25) is 0 Å². The van der Waals surface area contributed by atoms with Crippen molar-refractivity contribution in [2.45, 2.75) is 5.16 Å². The zero-order chi connectivity index (χ0) is 19.8. The molecule has 0 aliphatic rings. The lowest BCUT2D eigenvalue weighted by Crippen LogP contribution is -2.29. The Morgan fingerprint density at radius 1 is 1.07 bits per heavy atom. The topological polar surface area (TPSA) is 135 Å². The van der Waals surface area contributed by atoms with Gasteiger partial charge in [0.2, 0.25) is 0 Å². The summed E-state index contributed by atoms with van der Waals surface area (Å²) in [6.07, 6.45) is 0.773. The van der Waals surface area contributed by atoms with Crippen LogP contribution < -0.4 is 4.18 Å². The first-order valence-corrected chi connectivity index (χ1v) is 10.2. The minimum Gasteiger partial charge on any atom is -0.377 e. The molecule has 1 aromatic heterocycles. The summed E-state index contributed by atoms with van der Waals surface area (Å²) < 4.78 is 54.9. The van der Waals surface area contributed by atoms with Gasteiger partial charge in [-0.25, -0.2) is 4.98 Å². The lowest BCUT2D eigenvalue weighted by molar-refractivity contribution is 0.476. The van der Waals surface area contributed by atoms with E-state index in [1.54, 1.807) is 24.3 Å². The fourth-order valence-corrected chi connectivity index (χ4v) is 3.67. The van der Waals surface area contributed by atoms with Gasteiger partial charge in [-0.3, -0.25) is 0 Å². The molecule has 3 aromatic rings. The van der Waals surface area contributed by atoms with Gasteiger partial charge in [0.05, 0.1) is 11.6 Å². The maximum Gasteiger partial charge on any atom is 0.377 e. The second kappa shape index (κ2) is 6.62.